The summed E-state index contributed by atoms with van der Waals surface area (Å²) in [4.78, 5) is 23.1. The molecule has 4 rings (SSSR count). The number of hydrogen-bond acceptors (Lipinski definition) is 6. The van der Waals surface area contributed by atoms with Crippen molar-refractivity contribution in [3.63, 3.8) is 0 Å². The van der Waals surface area contributed by atoms with Crippen molar-refractivity contribution in [1.29, 1.82) is 0 Å². The van der Waals surface area contributed by atoms with Crippen LogP contribution in [-0.4, -0.2) is 28.3 Å². The minimum atomic E-state index is -0.442. The molecule has 0 radical (unpaired) electrons. The summed E-state index contributed by atoms with van der Waals surface area (Å²) in [7, 11) is 0. The van der Waals surface area contributed by atoms with Gasteiger partial charge in [-0.15, -0.1) is 11.8 Å². The largest absolute Gasteiger partial charge is 0.459 e. The van der Waals surface area contributed by atoms with Gasteiger partial charge in [-0.05, 0) is 48.2 Å². The van der Waals surface area contributed by atoms with E-state index in [1.165, 1.54) is 17.1 Å². The predicted octanol–water partition coefficient (Wildman–Crippen LogP) is 4.88. The molecule has 0 saturated carbocycles. The van der Waals surface area contributed by atoms with E-state index in [0.29, 0.717) is 24.4 Å². The third-order valence-corrected chi connectivity index (χ3v) is 5.53. The lowest BCUT2D eigenvalue weighted by molar-refractivity contribution is -0.384. The van der Waals surface area contributed by atoms with E-state index in [1.54, 1.807) is 30.0 Å². The maximum atomic E-state index is 11.6. The SMILES string of the molecule is CSc1ccc(C2=NN(C=O)C(c3ccc(-c4ccc([N+](=O)[O-])cc4)o3)C2)cc1. The van der Waals surface area contributed by atoms with Gasteiger partial charge in [-0.3, -0.25) is 14.9 Å². The summed E-state index contributed by atoms with van der Waals surface area (Å²) in [5.41, 5.74) is 2.54. The van der Waals surface area contributed by atoms with Gasteiger partial charge in [0.1, 0.15) is 17.6 Å². The molecule has 2 heterocycles. The fraction of sp³-hybridized carbons (Fsp3) is 0.143. The van der Waals surface area contributed by atoms with Crippen molar-refractivity contribution in [3.8, 4) is 11.3 Å². The monoisotopic (exact) mass is 407 g/mol. The number of carbonyl (C=O) groups is 1. The molecule has 0 bridgehead atoms. The van der Waals surface area contributed by atoms with E-state index in [0.717, 1.165) is 21.7 Å². The fourth-order valence-electron chi connectivity index (χ4n) is 3.25. The molecular weight excluding hydrogens is 390 g/mol. The Kier molecular flexibility index (Phi) is 5.18. The fourth-order valence-corrected chi connectivity index (χ4v) is 3.66. The van der Waals surface area contributed by atoms with Crippen LogP contribution in [0.2, 0.25) is 0 Å². The van der Waals surface area contributed by atoms with Crippen molar-refractivity contribution in [2.75, 3.05) is 6.26 Å². The van der Waals surface area contributed by atoms with Crippen LogP contribution in [0.25, 0.3) is 11.3 Å². The molecule has 1 amide bonds. The molecule has 1 unspecified atom stereocenters. The summed E-state index contributed by atoms with van der Waals surface area (Å²) < 4.78 is 5.96. The summed E-state index contributed by atoms with van der Waals surface area (Å²) in [5.74, 6) is 1.20. The molecule has 0 saturated heterocycles. The number of benzene rings is 2. The highest BCUT2D eigenvalue weighted by atomic mass is 32.2. The molecule has 8 heteroatoms. The van der Waals surface area contributed by atoms with Crippen LogP contribution in [0.3, 0.4) is 0 Å². The average molecular weight is 407 g/mol. The summed E-state index contributed by atoms with van der Waals surface area (Å²) in [6.07, 6.45) is 3.26. The molecule has 0 N–H and O–H groups in total. The standard InChI is InChI=1S/C21H17N3O4S/c1-29-17-8-4-14(5-9-17)18-12-19(23(13-25)22-18)21-11-10-20(28-21)15-2-6-16(7-3-15)24(26)27/h2-11,13,19H,12H2,1H3. The molecule has 3 aromatic rings. The van der Waals surface area contributed by atoms with Crippen molar-refractivity contribution in [2.24, 2.45) is 5.10 Å². The number of nitro benzene ring substituents is 1. The Balaban J connectivity index is 1.55. The van der Waals surface area contributed by atoms with E-state index >= 15 is 0 Å². The summed E-state index contributed by atoms with van der Waals surface area (Å²) in [5, 5.41) is 16.6. The van der Waals surface area contributed by atoms with E-state index in [2.05, 4.69) is 5.10 Å². The minimum absolute atomic E-state index is 0.0222. The van der Waals surface area contributed by atoms with Crippen LogP contribution in [-0.2, 0) is 4.79 Å². The molecule has 0 aliphatic carbocycles. The Hall–Kier alpha value is -3.39. The number of carbonyl (C=O) groups excluding carboxylic acids is 1. The van der Waals surface area contributed by atoms with Gasteiger partial charge < -0.3 is 4.42 Å². The zero-order valence-corrected chi connectivity index (χ0v) is 16.3. The molecule has 0 spiro atoms. The summed E-state index contributed by atoms with van der Waals surface area (Å²) in [6, 6.07) is 17.5. The van der Waals surface area contributed by atoms with Gasteiger partial charge in [0, 0.05) is 29.0 Å². The number of non-ortho nitro benzene ring substituents is 1. The quantitative estimate of drug-likeness (QED) is 0.251. The lowest BCUT2D eigenvalue weighted by Crippen LogP contribution is -2.16. The maximum absolute atomic E-state index is 11.6. The van der Waals surface area contributed by atoms with E-state index < -0.39 is 4.92 Å². The number of nitro groups is 1. The van der Waals surface area contributed by atoms with Crippen molar-refractivity contribution in [1.82, 2.24) is 5.01 Å². The normalized spacial score (nSPS) is 16.0. The van der Waals surface area contributed by atoms with Crippen LogP contribution in [0.5, 0.6) is 0 Å². The molecule has 2 aromatic carbocycles. The first-order valence-corrected chi connectivity index (χ1v) is 10.1. The zero-order chi connectivity index (χ0) is 20.4. The Bertz CT molecular complexity index is 1070. The topological polar surface area (TPSA) is 89.0 Å². The van der Waals surface area contributed by atoms with E-state index in [9.17, 15) is 14.9 Å². The molecule has 1 aliphatic rings. The van der Waals surface area contributed by atoms with E-state index in [-0.39, 0.29) is 11.7 Å². The summed E-state index contributed by atoms with van der Waals surface area (Å²) >= 11 is 1.67. The van der Waals surface area contributed by atoms with E-state index in [4.69, 9.17) is 4.42 Å². The van der Waals surface area contributed by atoms with Gasteiger partial charge in [-0.25, -0.2) is 5.01 Å². The average Bonchev–Trinajstić information content (AvgIpc) is 3.41. The number of furan rings is 1. The Labute approximate surface area is 171 Å². The van der Waals surface area contributed by atoms with Crippen molar-refractivity contribution < 1.29 is 14.1 Å². The van der Waals surface area contributed by atoms with Gasteiger partial charge in [0.25, 0.3) is 5.69 Å². The molecule has 146 valence electrons. The first kappa shape index (κ1) is 18.9. The molecule has 7 nitrogen and oxygen atoms in total. The second-order valence-corrected chi connectivity index (χ2v) is 7.37. The number of hydrazone groups is 1. The second-order valence-electron chi connectivity index (χ2n) is 6.49. The number of nitrogens with zero attached hydrogens (tertiary/aromatic N) is 3. The minimum Gasteiger partial charge on any atom is -0.459 e. The highest BCUT2D eigenvalue weighted by Crippen LogP contribution is 2.35. The lowest BCUT2D eigenvalue weighted by Gasteiger charge is -2.14. The molecule has 1 aliphatic heterocycles. The van der Waals surface area contributed by atoms with Crippen LogP contribution in [0, 0.1) is 10.1 Å². The zero-order valence-electron chi connectivity index (χ0n) is 15.5. The molecule has 0 fully saturated rings. The van der Waals surface area contributed by atoms with Gasteiger partial charge in [-0.1, -0.05) is 12.1 Å². The smallest absolute Gasteiger partial charge is 0.269 e. The first-order valence-electron chi connectivity index (χ1n) is 8.89. The predicted molar refractivity (Wildman–Crippen MR) is 111 cm³/mol. The molecule has 1 aromatic heterocycles. The van der Waals surface area contributed by atoms with Gasteiger partial charge >= 0.3 is 0 Å². The van der Waals surface area contributed by atoms with Gasteiger partial charge in [0.05, 0.1) is 10.6 Å². The third-order valence-electron chi connectivity index (χ3n) is 4.79. The van der Waals surface area contributed by atoms with Crippen LogP contribution in [0.1, 0.15) is 23.8 Å². The van der Waals surface area contributed by atoms with Crippen LogP contribution in [0.15, 0.2) is 75.1 Å². The number of rotatable bonds is 6. The van der Waals surface area contributed by atoms with Crippen molar-refractivity contribution >= 4 is 29.6 Å². The van der Waals surface area contributed by atoms with Crippen LogP contribution >= 0.6 is 11.8 Å². The molecule has 29 heavy (non-hydrogen) atoms. The Morgan fingerprint density at radius 3 is 2.41 bits per heavy atom. The highest BCUT2D eigenvalue weighted by molar-refractivity contribution is 7.98. The van der Waals surface area contributed by atoms with E-state index in [1.807, 2.05) is 36.6 Å². The number of hydrogen-bond donors (Lipinski definition) is 0. The molecular formula is C21H17N3O4S. The number of amides is 1. The highest BCUT2D eigenvalue weighted by Gasteiger charge is 2.31. The first-order chi connectivity index (χ1) is 14.1. The van der Waals surface area contributed by atoms with Gasteiger partial charge in [0.2, 0.25) is 6.41 Å². The van der Waals surface area contributed by atoms with Crippen molar-refractivity contribution in [3.05, 3.63) is 82.1 Å². The Morgan fingerprint density at radius 1 is 1.10 bits per heavy atom. The van der Waals surface area contributed by atoms with Gasteiger partial charge in [-0.2, -0.15) is 5.10 Å². The summed E-state index contributed by atoms with van der Waals surface area (Å²) in [6.45, 7) is 0. The maximum Gasteiger partial charge on any atom is 0.269 e. The second kappa shape index (κ2) is 7.92. The Morgan fingerprint density at radius 2 is 1.79 bits per heavy atom. The lowest BCUT2D eigenvalue weighted by atomic mass is 10.0. The van der Waals surface area contributed by atoms with Gasteiger partial charge in [0.15, 0.2) is 0 Å². The van der Waals surface area contributed by atoms with Crippen molar-refractivity contribution in [2.45, 2.75) is 17.4 Å². The molecule has 1 atom stereocenters. The number of thioether (sulfide) groups is 1. The van der Waals surface area contributed by atoms with Crippen LogP contribution < -0.4 is 0 Å². The van der Waals surface area contributed by atoms with Crippen LogP contribution in [0.4, 0.5) is 5.69 Å². The third kappa shape index (κ3) is 3.79.